The Morgan fingerprint density at radius 1 is 0.915 bits per heavy atom. The van der Waals surface area contributed by atoms with Crippen LogP contribution < -0.4 is 31.1 Å². The van der Waals surface area contributed by atoms with E-state index < -0.39 is 0 Å². The first-order valence-electron chi connectivity index (χ1n) is 32.2. The number of ether oxygens (including phenoxy) is 1. The number of rotatable bonds is 25. The third-order valence-corrected chi connectivity index (χ3v) is 17.7. The van der Waals surface area contributed by atoms with Crippen LogP contribution in [-0.2, 0) is 4.79 Å². The zero-order valence-corrected chi connectivity index (χ0v) is 54.9. The lowest BCUT2D eigenvalue weighted by atomic mass is 9.60. The number of allylic oxidation sites excluding steroid dienone is 2. The van der Waals surface area contributed by atoms with Gasteiger partial charge in [0.05, 0.1) is 11.6 Å². The molecule has 6 rings (SSSR count). The van der Waals surface area contributed by atoms with Crippen molar-refractivity contribution in [2.75, 3.05) is 37.8 Å². The van der Waals surface area contributed by atoms with Crippen LogP contribution in [0.1, 0.15) is 244 Å². The van der Waals surface area contributed by atoms with Crippen LogP contribution in [0.4, 0.5) is 11.4 Å². The summed E-state index contributed by atoms with van der Waals surface area (Å²) in [6.07, 6.45) is 33.4. The number of nitrogens with zero attached hydrogens (tertiary/aromatic N) is 3. The van der Waals surface area contributed by atoms with Gasteiger partial charge in [0.25, 0.3) is 5.91 Å². The summed E-state index contributed by atoms with van der Waals surface area (Å²) in [4.78, 5) is 45.1. The van der Waals surface area contributed by atoms with Crippen LogP contribution in [0.5, 0.6) is 5.88 Å². The summed E-state index contributed by atoms with van der Waals surface area (Å²) in [6.45, 7) is 40.4. The van der Waals surface area contributed by atoms with Crippen molar-refractivity contribution >= 4 is 47.6 Å². The van der Waals surface area contributed by atoms with Gasteiger partial charge in [-0.15, -0.1) is 0 Å². The number of amides is 1. The van der Waals surface area contributed by atoms with E-state index in [-0.39, 0.29) is 17.7 Å². The molecule has 3 fully saturated rings. The summed E-state index contributed by atoms with van der Waals surface area (Å²) in [5.74, 6) is 3.49. The van der Waals surface area contributed by atoms with Gasteiger partial charge in [-0.3, -0.25) is 14.4 Å². The van der Waals surface area contributed by atoms with Gasteiger partial charge in [0.2, 0.25) is 5.88 Å². The Morgan fingerprint density at radius 2 is 1.59 bits per heavy atom. The maximum Gasteiger partial charge on any atom is 0.254 e. The largest absolute Gasteiger partial charge is 0.474 e. The van der Waals surface area contributed by atoms with Crippen molar-refractivity contribution in [2.45, 2.75) is 237 Å². The molecule has 1 saturated heterocycles. The number of hydrogen-bond acceptors (Lipinski definition) is 8. The molecule has 1 amide bonds. The zero-order chi connectivity index (χ0) is 61.4. The molecule has 82 heavy (non-hydrogen) atoms. The first-order chi connectivity index (χ1) is 39.2. The van der Waals surface area contributed by atoms with E-state index in [1.807, 2.05) is 63.4 Å². The summed E-state index contributed by atoms with van der Waals surface area (Å²) >= 11 is 0. The molecule has 0 radical (unpaired) electrons. The molecule has 9 nitrogen and oxygen atoms in total. The van der Waals surface area contributed by atoms with Gasteiger partial charge < -0.3 is 25.6 Å². The highest BCUT2D eigenvalue weighted by Gasteiger charge is 2.42. The van der Waals surface area contributed by atoms with Crippen molar-refractivity contribution in [3.8, 4) is 5.88 Å². The standard InChI is InChI=1S/C26H38N2O3.C18H27N.C13H17NO.C12H25N.C4H10/c1-6-8-20-13-15-28(16-14-20)22-10-9-21(18-29)24(17-22)26(31)27(5)25(19(3)4)12-11-23(30)7-2;1-6-13(3)11-16-9-8-10-18(19)17(16)12-15(5)14(4)7-2;1-3-5-11-8-13(14-9-10(11)2)15-12-6-4-7-12;1-5-10(3)7-12(6-2)8-11(9-12)13-4;1-3-4-2/h9-10,17-18,20,25H,3,6-8,11-16H2,1-2,4-5H3;8-14H,5-7,19H2,1-4H3;3,5,8-9,12H,4,6-7H2,1-2H3;10-11,13H,5-9H2,1-4H3;3-4H2,1-2H3/b;16-11-,17-12+;5-3-;;. The second kappa shape index (κ2) is 39.3. The van der Waals surface area contributed by atoms with E-state index in [9.17, 15) is 14.4 Å². The Bertz CT molecular complexity index is 2530. The smallest absolute Gasteiger partial charge is 0.254 e. The Balaban J connectivity index is 0.000000386. The van der Waals surface area contributed by atoms with Crippen molar-refractivity contribution in [3.63, 3.8) is 0 Å². The van der Waals surface area contributed by atoms with Crippen molar-refractivity contribution in [1.82, 2.24) is 15.2 Å². The van der Waals surface area contributed by atoms with Crippen LogP contribution in [0.2, 0.25) is 0 Å². The molecule has 3 aliphatic rings. The van der Waals surface area contributed by atoms with Crippen LogP contribution in [0.3, 0.4) is 0 Å². The minimum absolute atomic E-state index is 0.175. The highest BCUT2D eigenvalue weighted by molar-refractivity contribution is 6.02. The van der Waals surface area contributed by atoms with Gasteiger partial charge in [0, 0.05) is 73.4 Å². The number of likely N-dealkylation sites (N-methyl/N-ethyl adjacent to an activating group) is 1. The first-order valence-corrected chi connectivity index (χ1v) is 32.2. The van der Waals surface area contributed by atoms with E-state index in [0.29, 0.717) is 53.7 Å². The number of ketones is 1. The zero-order valence-electron chi connectivity index (χ0n) is 54.9. The predicted octanol–water partition coefficient (Wildman–Crippen LogP) is 17.1. The van der Waals surface area contributed by atoms with Gasteiger partial charge in [-0.25, -0.2) is 4.98 Å². The Kier molecular flexibility index (Phi) is 34.9. The fraction of sp³-hybridized carbons (Fsp3) is 0.616. The Morgan fingerprint density at radius 3 is 2.10 bits per heavy atom. The number of aromatic nitrogens is 1. The maximum atomic E-state index is 13.4. The minimum Gasteiger partial charge on any atom is -0.474 e. The summed E-state index contributed by atoms with van der Waals surface area (Å²) in [7, 11) is 3.82. The molecule has 2 heterocycles. The monoisotopic (exact) mass is 1130 g/mol. The van der Waals surface area contributed by atoms with Crippen molar-refractivity contribution < 1.29 is 19.1 Å². The van der Waals surface area contributed by atoms with Gasteiger partial charge in [-0.05, 0) is 168 Å². The number of carbonyl (C=O) groups is 3. The lowest BCUT2D eigenvalue weighted by molar-refractivity contribution is -0.119. The number of aryl methyl sites for hydroxylation is 1. The van der Waals surface area contributed by atoms with Crippen LogP contribution in [0.15, 0.2) is 79.0 Å². The van der Waals surface area contributed by atoms with Crippen LogP contribution in [0.25, 0.3) is 18.2 Å². The van der Waals surface area contributed by atoms with Crippen LogP contribution in [0, 0.1) is 36.0 Å². The summed E-state index contributed by atoms with van der Waals surface area (Å²) in [5.41, 5.74) is 13.8. The molecular weight excluding hydrogens is 1010 g/mol. The predicted molar refractivity (Wildman–Crippen MR) is 355 cm³/mol. The van der Waals surface area contributed by atoms with E-state index in [1.54, 1.807) is 18.0 Å². The Hall–Kier alpha value is -5.28. The number of unbranched alkanes of at least 4 members (excludes halogenated alkanes) is 1. The molecule has 1 aliphatic heterocycles. The molecule has 2 saturated carbocycles. The second-order valence-corrected chi connectivity index (χ2v) is 24.3. The molecular formula is C73H117N5O4. The maximum absolute atomic E-state index is 13.4. The molecule has 0 spiro atoms. The van der Waals surface area contributed by atoms with Gasteiger partial charge in [-0.2, -0.15) is 0 Å². The molecule has 2 aromatic carbocycles. The van der Waals surface area contributed by atoms with Gasteiger partial charge in [-0.1, -0.05) is 176 Å². The summed E-state index contributed by atoms with van der Waals surface area (Å²) in [5, 5.41) is 5.72. The van der Waals surface area contributed by atoms with E-state index in [0.717, 1.165) is 96.6 Å². The summed E-state index contributed by atoms with van der Waals surface area (Å²) < 4.78 is 5.75. The number of anilines is 2. The van der Waals surface area contributed by atoms with Crippen LogP contribution >= 0.6 is 0 Å². The number of hydrogen-bond donors (Lipinski definition) is 2. The van der Waals surface area contributed by atoms with Gasteiger partial charge >= 0.3 is 0 Å². The number of piperidine rings is 1. The third kappa shape index (κ3) is 24.5. The number of nitrogen functional groups attached to an aromatic ring is 1. The van der Waals surface area contributed by atoms with Gasteiger partial charge in [0.1, 0.15) is 11.9 Å². The number of Topliss-reactive ketones (excluding diaryl/α,β-unsaturated/α-hetero) is 1. The molecule has 3 aromatic rings. The number of benzene rings is 2. The fourth-order valence-corrected chi connectivity index (χ4v) is 10.7. The minimum atomic E-state index is -0.240. The van der Waals surface area contributed by atoms with Crippen LogP contribution in [-0.4, -0.2) is 73.2 Å². The molecule has 4 unspecified atom stereocenters. The normalized spacial score (nSPS) is 18.7. The quantitative estimate of drug-likeness (QED) is 0.0489. The average molecular weight is 1130 g/mol. The lowest BCUT2D eigenvalue weighted by Gasteiger charge is -2.49. The number of nitrogens with two attached hydrogens (primary N) is 1. The molecule has 2 aliphatic carbocycles. The topological polar surface area (TPSA) is 118 Å². The third-order valence-electron chi connectivity index (χ3n) is 17.7. The fourth-order valence-electron chi connectivity index (χ4n) is 10.7. The molecule has 458 valence electrons. The van der Waals surface area contributed by atoms with Gasteiger partial charge in [0.15, 0.2) is 6.29 Å². The molecule has 4 atom stereocenters. The Labute approximate surface area is 501 Å². The number of carbonyl (C=O) groups excluding carboxylic acids is 3. The average Bonchev–Trinajstić information content (AvgIpc) is 3.65. The number of aldehydes is 1. The van der Waals surface area contributed by atoms with E-state index >= 15 is 0 Å². The number of nitrogens with one attached hydrogen (secondary N) is 1. The molecule has 9 heteroatoms. The highest BCUT2D eigenvalue weighted by Crippen LogP contribution is 2.49. The second-order valence-electron chi connectivity index (χ2n) is 24.3. The van der Waals surface area contributed by atoms with Crippen molar-refractivity contribution in [1.29, 1.82) is 0 Å². The lowest BCUT2D eigenvalue weighted by Crippen LogP contribution is -2.48. The first kappa shape index (κ1) is 72.8. The summed E-state index contributed by atoms with van der Waals surface area (Å²) in [6, 6.07) is 14.3. The molecule has 1 aromatic heterocycles. The van der Waals surface area contributed by atoms with Crippen molar-refractivity contribution in [3.05, 3.63) is 112 Å². The van der Waals surface area contributed by atoms with Crippen molar-refractivity contribution in [2.24, 2.45) is 29.1 Å². The molecule has 3 N–H and O–H groups in total. The molecule has 0 bridgehead atoms. The van der Waals surface area contributed by atoms with E-state index in [2.05, 4.69) is 136 Å². The van der Waals surface area contributed by atoms with E-state index in [4.69, 9.17) is 10.5 Å². The SMILES string of the molecule is C/C=C\c1cc(OC2CCC2)ncc1C.C=C(/C=c1/c(N)ccc/c1=C/C(C)CC)C(C)CC.C=C(C)C(CCC(=O)CC)N(C)C(=O)c1cc(N2CCC(CCC)CC2)ccc1C=O.CCC(C)CC1(CC)CC(NC)C1.CCCC. The number of pyridine rings is 1. The highest BCUT2D eigenvalue weighted by atomic mass is 16.5. The van der Waals surface area contributed by atoms with E-state index in [1.165, 1.54) is 93.4 Å².